The minimum atomic E-state index is -0.155. The number of methoxy groups -OCH3 is 1. The molecule has 2 aromatic heterocycles. The van der Waals surface area contributed by atoms with E-state index in [1.54, 1.807) is 11.6 Å². The summed E-state index contributed by atoms with van der Waals surface area (Å²) in [6.07, 6.45) is 0.500. The predicted octanol–water partition coefficient (Wildman–Crippen LogP) is 3.93. The van der Waals surface area contributed by atoms with E-state index < -0.39 is 0 Å². The first-order valence-corrected chi connectivity index (χ1v) is 9.10. The van der Waals surface area contributed by atoms with Crippen molar-refractivity contribution in [2.24, 2.45) is 0 Å². The van der Waals surface area contributed by atoms with Gasteiger partial charge in [0.1, 0.15) is 17.6 Å². The van der Waals surface area contributed by atoms with E-state index in [4.69, 9.17) is 9.47 Å². The van der Waals surface area contributed by atoms with Crippen LogP contribution in [0.1, 0.15) is 29.4 Å². The summed E-state index contributed by atoms with van der Waals surface area (Å²) in [5.74, 6) is 2.46. The van der Waals surface area contributed by atoms with E-state index >= 15 is 0 Å². The topological polar surface area (TPSA) is 61.5 Å². The van der Waals surface area contributed by atoms with Crippen molar-refractivity contribution in [3.05, 3.63) is 71.0 Å². The smallest absolute Gasteiger partial charge is 0.234 e. The van der Waals surface area contributed by atoms with Crippen LogP contribution in [-0.4, -0.2) is 26.9 Å². The number of rotatable bonds is 6. The monoisotopic (exact) mass is 366 g/mol. The molecule has 0 fully saturated rings. The molecule has 26 heavy (non-hydrogen) atoms. The van der Waals surface area contributed by atoms with Crippen molar-refractivity contribution in [2.75, 3.05) is 7.11 Å². The van der Waals surface area contributed by atoms with E-state index in [1.165, 1.54) is 11.3 Å². The van der Waals surface area contributed by atoms with Gasteiger partial charge in [-0.25, -0.2) is 0 Å². The second-order valence-corrected chi connectivity index (χ2v) is 6.84. The molecule has 2 heterocycles. The average Bonchev–Trinajstić information content (AvgIpc) is 3.25. The van der Waals surface area contributed by atoms with Crippen molar-refractivity contribution in [3.8, 4) is 11.5 Å². The van der Waals surface area contributed by atoms with Gasteiger partial charge in [0.2, 0.25) is 4.96 Å². The van der Waals surface area contributed by atoms with Gasteiger partial charge in [-0.2, -0.15) is 9.61 Å². The Morgan fingerprint density at radius 1 is 1.00 bits per heavy atom. The molecule has 6 nitrogen and oxygen atoms in total. The molecule has 0 amide bonds. The van der Waals surface area contributed by atoms with Gasteiger partial charge in [-0.15, -0.1) is 10.2 Å². The maximum absolute atomic E-state index is 5.96. The van der Waals surface area contributed by atoms with Gasteiger partial charge in [-0.3, -0.25) is 0 Å². The number of benzene rings is 2. The third-order valence-electron chi connectivity index (χ3n) is 4.00. The summed E-state index contributed by atoms with van der Waals surface area (Å²) < 4.78 is 13.0. The summed E-state index contributed by atoms with van der Waals surface area (Å²) in [5.41, 5.74) is 1.13. The standard InChI is InChI=1S/C19H18N4O2S/c1-13(25-16-6-4-3-5-7-16)18-22-23-17(20-21-19(23)26-18)12-14-8-10-15(24-2)11-9-14/h3-11,13H,12H2,1-2H3/t13-/m0/s1. The molecular weight excluding hydrogens is 348 g/mol. The summed E-state index contributed by atoms with van der Waals surface area (Å²) in [6.45, 7) is 1.99. The largest absolute Gasteiger partial charge is 0.497 e. The zero-order valence-electron chi connectivity index (χ0n) is 14.5. The number of ether oxygens (including phenoxy) is 2. The maximum Gasteiger partial charge on any atom is 0.234 e. The Hall–Kier alpha value is -2.93. The molecule has 0 N–H and O–H groups in total. The van der Waals surface area contributed by atoms with E-state index in [-0.39, 0.29) is 6.10 Å². The Morgan fingerprint density at radius 2 is 1.77 bits per heavy atom. The molecule has 0 saturated carbocycles. The molecule has 0 radical (unpaired) electrons. The third kappa shape index (κ3) is 3.39. The number of fused-ring (bicyclic) bond motifs is 1. The number of hydrogen-bond donors (Lipinski definition) is 0. The summed E-state index contributed by atoms with van der Waals surface area (Å²) in [5, 5.41) is 14.0. The Kier molecular flexibility index (Phi) is 4.53. The molecule has 7 heteroatoms. The molecule has 1 atom stereocenters. The fourth-order valence-corrected chi connectivity index (χ4v) is 3.46. The van der Waals surface area contributed by atoms with Crippen LogP contribution < -0.4 is 9.47 Å². The van der Waals surface area contributed by atoms with Gasteiger partial charge >= 0.3 is 0 Å². The van der Waals surface area contributed by atoms with Crippen LogP contribution in [0.2, 0.25) is 0 Å². The van der Waals surface area contributed by atoms with Gasteiger partial charge in [0.05, 0.1) is 7.11 Å². The molecule has 2 aromatic carbocycles. The van der Waals surface area contributed by atoms with Crippen LogP contribution in [0.3, 0.4) is 0 Å². The average molecular weight is 366 g/mol. The Morgan fingerprint density at radius 3 is 2.50 bits per heavy atom. The lowest BCUT2D eigenvalue weighted by atomic mass is 10.1. The van der Waals surface area contributed by atoms with Crippen LogP contribution in [0.15, 0.2) is 54.6 Å². The molecule has 0 unspecified atom stereocenters. The first kappa shape index (κ1) is 16.5. The predicted molar refractivity (Wildman–Crippen MR) is 99.9 cm³/mol. The summed E-state index contributed by atoms with van der Waals surface area (Å²) in [4.78, 5) is 0.770. The molecule has 0 saturated heterocycles. The fraction of sp³-hybridized carbons (Fsp3) is 0.211. The lowest BCUT2D eigenvalue weighted by Crippen LogP contribution is -2.04. The van der Waals surface area contributed by atoms with Crippen LogP contribution in [0.4, 0.5) is 0 Å². The Bertz CT molecular complexity index is 995. The highest BCUT2D eigenvalue weighted by molar-refractivity contribution is 7.16. The third-order valence-corrected chi connectivity index (χ3v) is 5.06. The normalized spacial score (nSPS) is 12.2. The fourth-order valence-electron chi connectivity index (χ4n) is 2.63. The minimum Gasteiger partial charge on any atom is -0.497 e. The summed E-state index contributed by atoms with van der Waals surface area (Å²) in [6, 6.07) is 17.7. The van der Waals surface area contributed by atoms with Gasteiger partial charge in [0.15, 0.2) is 10.8 Å². The molecule has 0 aliphatic heterocycles. The first-order chi connectivity index (χ1) is 12.7. The van der Waals surface area contributed by atoms with Crippen molar-refractivity contribution in [2.45, 2.75) is 19.4 Å². The van der Waals surface area contributed by atoms with E-state index in [2.05, 4.69) is 15.3 Å². The molecule has 132 valence electrons. The van der Waals surface area contributed by atoms with Crippen LogP contribution in [-0.2, 0) is 6.42 Å². The first-order valence-electron chi connectivity index (χ1n) is 8.28. The highest BCUT2D eigenvalue weighted by atomic mass is 32.1. The number of aromatic nitrogens is 4. The maximum atomic E-state index is 5.96. The second kappa shape index (κ2) is 7.13. The molecule has 0 spiro atoms. The van der Waals surface area contributed by atoms with E-state index in [0.29, 0.717) is 6.42 Å². The molecule has 0 bridgehead atoms. The molecule has 4 aromatic rings. The molecular formula is C19H18N4O2S. The molecule has 4 rings (SSSR count). The Labute approximate surface area is 155 Å². The molecule has 0 aliphatic carbocycles. The molecule has 0 aliphatic rings. The van der Waals surface area contributed by atoms with E-state index in [9.17, 15) is 0 Å². The zero-order valence-corrected chi connectivity index (χ0v) is 15.3. The zero-order chi connectivity index (χ0) is 17.9. The van der Waals surface area contributed by atoms with Crippen molar-refractivity contribution in [3.63, 3.8) is 0 Å². The van der Waals surface area contributed by atoms with Crippen LogP contribution in [0.25, 0.3) is 4.96 Å². The van der Waals surface area contributed by atoms with E-state index in [0.717, 1.165) is 32.9 Å². The van der Waals surface area contributed by atoms with Crippen molar-refractivity contribution < 1.29 is 9.47 Å². The van der Waals surface area contributed by atoms with Crippen molar-refractivity contribution in [1.29, 1.82) is 0 Å². The SMILES string of the molecule is COc1ccc(Cc2nnc3sc([C@H](C)Oc4ccccc4)nn23)cc1. The van der Waals surface area contributed by atoms with Gasteiger partial charge in [-0.1, -0.05) is 41.7 Å². The van der Waals surface area contributed by atoms with Crippen LogP contribution in [0, 0.1) is 0 Å². The number of para-hydroxylation sites is 1. The van der Waals surface area contributed by atoms with Gasteiger partial charge in [-0.05, 0) is 36.8 Å². The number of nitrogens with zero attached hydrogens (tertiary/aromatic N) is 4. The van der Waals surface area contributed by atoms with Gasteiger partial charge < -0.3 is 9.47 Å². The highest BCUT2D eigenvalue weighted by Gasteiger charge is 2.17. The summed E-state index contributed by atoms with van der Waals surface area (Å²) >= 11 is 1.50. The quantitative estimate of drug-likeness (QED) is 0.517. The lowest BCUT2D eigenvalue weighted by molar-refractivity contribution is 0.225. The van der Waals surface area contributed by atoms with E-state index in [1.807, 2.05) is 61.5 Å². The summed E-state index contributed by atoms with van der Waals surface area (Å²) in [7, 11) is 1.66. The second-order valence-electron chi connectivity index (χ2n) is 5.85. The Balaban J connectivity index is 1.54. The lowest BCUT2D eigenvalue weighted by Gasteiger charge is -2.11. The van der Waals surface area contributed by atoms with Crippen molar-refractivity contribution in [1.82, 2.24) is 19.8 Å². The van der Waals surface area contributed by atoms with Gasteiger partial charge in [0.25, 0.3) is 0 Å². The van der Waals surface area contributed by atoms with Crippen LogP contribution in [0.5, 0.6) is 11.5 Å². The van der Waals surface area contributed by atoms with Gasteiger partial charge in [0, 0.05) is 6.42 Å². The van der Waals surface area contributed by atoms with Crippen LogP contribution >= 0.6 is 11.3 Å². The number of hydrogen-bond acceptors (Lipinski definition) is 6. The van der Waals surface area contributed by atoms with Crippen molar-refractivity contribution >= 4 is 16.3 Å². The minimum absolute atomic E-state index is 0.155. The highest BCUT2D eigenvalue weighted by Crippen LogP contribution is 2.26.